The third-order valence-electron chi connectivity index (χ3n) is 3.33. The summed E-state index contributed by atoms with van der Waals surface area (Å²) in [4.78, 5) is 11.3. The van der Waals surface area contributed by atoms with E-state index in [0.717, 1.165) is 0 Å². The van der Waals surface area contributed by atoms with E-state index in [4.69, 9.17) is 13.9 Å². The van der Waals surface area contributed by atoms with Gasteiger partial charge in [-0.3, -0.25) is 0 Å². The summed E-state index contributed by atoms with van der Waals surface area (Å²) in [5.74, 6) is 1.02. The first-order valence-corrected chi connectivity index (χ1v) is 6.49. The minimum Gasteiger partial charge on any atom is -0.496 e. The van der Waals surface area contributed by atoms with Crippen molar-refractivity contribution in [1.82, 2.24) is 0 Å². The Balaban J connectivity index is 2.69. The van der Waals surface area contributed by atoms with Gasteiger partial charge in [-0.05, 0) is 13.0 Å². The lowest BCUT2D eigenvalue weighted by Crippen LogP contribution is -2.13. The van der Waals surface area contributed by atoms with Crippen molar-refractivity contribution in [1.29, 1.82) is 0 Å². The van der Waals surface area contributed by atoms with E-state index in [9.17, 15) is 9.90 Å². The summed E-state index contributed by atoms with van der Waals surface area (Å²) in [6.07, 6.45) is -0.405. The third kappa shape index (κ3) is 2.92. The van der Waals surface area contributed by atoms with Crippen LogP contribution < -0.4 is 15.1 Å². The quantitative estimate of drug-likeness (QED) is 0.676. The molecule has 0 radical (unpaired) electrons. The van der Waals surface area contributed by atoms with Crippen LogP contribution in [0.15, 0.2) is 39.6 Å². The Morgan fingerprint density at radius 1 is 1.38 bits per heavy atom. The molecule has 5 heteroatoms. The van der Waals surface area contributed by atoms with E-state index in [2.05, 4.69) is 6.58 Å². The molecule has 0 amide bonds. The molecule has 0 unspecified atom stereocenters. The van der Waals surface area contributed by atoms with Gasteiger partial charge in [0.05, 0.1) is 25.7 Å². The molecule has 0 saturated carbocycles. The van der Waals surface area contributed by atoms with Crippen LogP contribution >= 0.6 is 0 Å². The highest BCUT2D eigenvalue weighted by Gasteiger charge is 2.19. The summed E-state index contributed by atoms with van der Waals surface area (Å²) in [5, 5.41) is 10.7. The summed E-state index contributed by atoms with van der Waals surface area (Å²) in [5.41, 5.74) is 1.29. The van der Waals surface area contributed by atoms with Crippen molar-refractivity contribution < 1.29 is 19.0 Å². The Kier molecular flexibility index (Phi) is 4.33. The maximum atomic E-state index is 11.3. The summed E-state index contributed by atoms with van der Waals surface area (Å²) in [6.45, 7) is 5.50. The minimum absolute atomic E-state index is 0.302. The van der Waals surface area contributed by atoms with Gasteiger partial charge in [-0.25, -0.2) is 4.79 Å². The fraction of sp³-hybridized carbons (Fsp3) is 0.312. The highest BCUT2D eigenvalue weighted by molar-refractivity contribution is 5.87. The van der Waals surface area contributed by atoms with E-state index in [0.29, 0.717) is 40.0 Å². The summed E-state index contributed by atoms with van der Waals surface area (Å²) in [6, 6.07) is 4.59. The van der Waals surface area contributed by atoms with Crippen molar-refractivity contribution in [2.75, 3.05) is 14.2 Å². The van der Waals surface area contributed by atoms with Crippen LogP contribution in [0.5, 0.6) is 11.5 Å². The molecule has 1 aromatic carbocycles. The Morgan fingerprint density at radius 2 is 2.10 bits per heavy atom. The number of fused-ring (bicyclic) bond motifs is 1. The van der Waals surface area contributed by atoms with Crippen molar-refractivity contribution in [2.45, 2.75) is 19.4 Å². The average Bonchev–Trinajstić information content (AvgIpc) is 2.46. The van der Waals surface area contributed by atoms with Crippen LogP contribution in [0.25, 0.3) is 11.0 Å². The highest BCUT2D eigenvalue weighted by Crippen LogP contribution is 2.37. The molecule has 0 fully saturated rings. The van der Waals surface area contributed by atoms with Crippen LogP contribution in [0.1, 0.15) is 12.5 Å². The Morgan fingerprint density at radius 3 is 2.67 bits per heavy atom. The van der Waals surface area contributed by atoms with Gasteiger partial charge in [-0.15, -0.1) is 0 Å². The van der Waals surface area contributed by atoms with Crippen molar-refractivity contribution in [3.63, 3.8) is 0 Å². The number of hydrogen-bond acceptors (Lipinski definition) is 5. The van der Waals surface area contributed by atoms with Gasteiger partial charge < -0.3 is 19.0 Å². The molecular formula is C16H18O5. The Bertz CT molecular complexity index is 729. The van der Waals surface area contributed by atoms with Crippen LogP contribution in [0, 0.1) is 0 Å². The van der Waals surface area contributed by atoms with Gasteiger partial charge in [-0.2, -0.15) is 0 Å². The topological polar surface area (TPSA) is 68.9 Å². The van der Waals surface area contributed by atoms with Gasteiger partial charge in [0.25, 0.3) is 0 Å². The molecule has 1 heterocycles. The van der Waals surface area contributed by atoms with Gasteiger partial charge in [0, 0.05) is 24.1 Å². The lowest BCUT2D eigenvalue weighted by Gasteiger charge is -2.18. The zero-order valence-corrected chi connectivity index (χ0v) is 12.3. The van der Waals surface area contributed by atoms with Crippen molar-refractivity contribution in [3.05, 3.63) is 46.3 Å². The zero-order chi connectivity index (χ0) is 15.6. The van der Waals surface area contributed by atoms with Gasteiger partial charge in [0.1, 0.15) is 17.1 Å². The van der Waals surface area contributed by atoms with Crippen LogP contribution in [0.2, 0.25) is 0 Å². The maximum Gasteiger partial charge on any atom is 0.336 e. The molecule has 21 heavy (non-hydrogen) atoms. The molecule has 1 atom stereocenters. The molecular weight excluding hydrogens is 272 g/mol. The number of methoxy groups -OCH3 is 2. The molecule has 0 aliphatic heterocycles. The predicted octanol–water partition coefficient (Wildman–Crippen LogP) is 2.29. The molecule has 5 nitrogen and oxygen atoms in total. The number of benzene rings is 1. The van der Waals surface area contributed by atoms with Crippen molar-refractivity contribution in [2.24, 2.45) is 0 Å². The second-order valence-electron chi connectivity index (χ2n) is 4.82. The molecule has 2 aromatic rings. The fourth-order valence-electron chi connectivity index (χ4n) is 2.18. The number of ether oxygens (including phenoxy) is 2. The van der Waals surface area contributed by atoms with Crippen LogP contribution in [-0.2, 0) is 6.42 Å². The van der Waals surface area contributed by atoms with Gasteiger partial charge >= 0.3 is 5.63 Å². The van der Waals surface area contributed by atoms with Crippen LogP contribution in [0.4, 0.5) is 0 Å². The lowest BCUT2D eigenvalue weighted by molar-refractivity contribution is 0.209. The molecule has 1 aromatic heterocycles. The molecule has 0 aliphatic carbocycles. The van der Waals surface area contributed by atoms with E-state index < -0.39 is 11.7 Å². The fourth-order valence-corrected chi connectivity index (χ4v) is 2.18. The predicted molar refractivity (Wildman–Crippen MR) is 80.1 cm³/mol. The van der Waals surface area contributed by atoms with Crippen molar-refractivity contribution >= 4 is 11.0 Å². The van der Waals surface area contributed by atoms with Gasteiger partial charge in [0.2, 0.25) is 0 Å². The third-order valence-corrected chi connectivity index (χ3v) is 3.33. The van der Waals surface area contributed by atoms with E-state index in [1.165, 1.54) is 20.3 Å². The normalized spacial score (nSPS) is 12.2. The molecule has 0 saturated heterocycles. The maximum absolute atomic E-state index is 11.3. The van der Waals surface area contributed by atoms with E-state index in [-0.39, 0.29) is 0 Å². The summed E-state index contributed by atoms with van der Waals surface area (Å²) in [7, 11) is 3.04. The van der Waals surface area contributed by atoms with Gasteiger partial charge in [-0.1, -0.05) is 12.2 Å². The second-order valence-corrected chi connectivity index (χ2v) is 4.82. The monoisotopic (exact) mass is 290 g/mol. The number of rotatable bonds is 5. The molecule has 2 rings (SSSR count). The van der Waals surface area contributed by atoms with Gasteiger partial charge in [0.15, 0.2) is 0 Å². The SMILES string of the molecule is C=C(C)[C@H](O)Cc1c(OC)cc2oc(=O)ccc2c1OC. The smallest absolute Gasteiger partial charge is 0.336 e. The van der Waals surface area contributed by atoms with Crippen LogP contribution in [0.3, 0.4) is 0 Å². The second kappa shape index (κ2) is 6.01. The first-order valence-electron chi connectivity index (χ1n) is 6.49. The van der Waals surface area contributed by atoms with E-state index in [1.54, 1.807) is 19.1 Å². The number of hydrogen-bond donors (Lipinski definition) is 1. The highest BCUT2D eigenvalue weighted by atomic mass is 16.5. The Labute approximate surface area is 122 Å². The molecule has 112 valence electrons. The van der Waals surface area contributed by atoms with E-state index >= 15 is 0 Å². The number of aliphatic hydroxyl groups is 1. The lowest BCUT2D eigenvalue weighted by atomic mass is 9.99. The largest absolute Gasteiger partial charge is 0.496 e. The molecule has 0 bridgehead atoms. The minimum atomic E-state index is -0.707. The summed E-state index contributed by atoms with van der Waals surface area (Å²) < 4.78 is 15.9. The number of aliphatic hydroxyl groups excluding tert-OH is 1. The summed E-state index contributed by atoms with van der Waals surface area (Å²) >= 11 is 0. The average molecular weight is 290 g/mol. The Hall–Kier alpha value is -2.27. The van der Waals surface area contributed by atoms with Crippen LogP contribution in [-0.4, -0.2) is 25.4 Å². The first-order chi connectivity index (χ1) is 9.97. The standard InChI is InChI=1S/C16H18O5/c1-9(2)12(17)7-11-13(19-3)8-14-10(16(11)20-4)5-6-15(18)21-14/h5-6,8,12,17H,1,7H2,2-4H3/t12-/m1/s1. The zero-order valence-electron chi connectivity index (χ0n) is 12.3. The molecule has 1 N–H and O–H groups in total. The van der Waals surface area contributed by atoms with Crippen molar-refractivity contribution in [3.8, 4) is 11.5 Å². The van der Waals surface area contributed by atoms with E-state index in [1.807, 2.05) is 0 Å². The molecule has 0 aliphatic rings. The first kappa shape index (κ1) is 15.1. The molecule has 0 spiro atoms.